The van der Waals surface area contributed by atoms with Gasteiger partial charge in [0.1, 0.15) is 6.10 Å². The van der Waals surface area contributed by atoms with Crippen LogP contribution in [0.1, 0.15) is 33.6 Å². The fourth-order valence-electron chi connectivity index (χ4n) is 2.72. The number of ether oxygens (including phenoxy) is 1. The molecule has 1 aliphatic rings. The summed E-state index contributed by atoms with van der Waals surface area (Å²) in [7, 11) is 0. The zero-order valence-corrected chi connectivity index (χ0v) is 13.9. The zero-order valence-electron chi connectivity index (χ0n) is 13.9. The lowest BCUT2D eigenvalue weighted by atomic mass is 10.1. The van der Waals surface area contributed by atoms with Gasteiger partial charge in [-0.25, -0.2) is 4.79 Å². The summed E-state index contributed by atoms with van der Waals surface area (Å²) in [6, 6.07) is 12.6. The summed E-state index contributed by atoms with van der Waals surface area (Å²) in [6.45, 7) is 0.556. The van der Waals surface area contributed by atoms with Gasteiger partial charge in [0, 0.05) is 12.3 Å². The molecule has 0 radical (unpaired) electrons. The molecule has 0 bridgehead atoms. The number of anilines is 2. The van der Waals surface area contributed by atoms with Crippen LogP contribution in [0, 0.1) is 0 Å². The number of carboxylic acids is 1. The molecule has 0 saturated carbocycles. The first-order valence-corrected chi connectivity index (χ1v) is 8.21. The Labute approximate surface area is 150 Å². The quantitative estimate of drug-likeness (QED) is 0.766. The maximum Gasteiger partial charge on any atom is 0.335 e. The van der Waals surface area contributed by atoms with Crippen LogP contribution in [-0.2, 0) is 9.53 Å². The second-order valence-electron chi connectivity index (χ2n) is 5.88. The Morgan fingerprint density at radius 3 is 2.58 bits per heavy atom. The van der Waals surface area contributed by atoms with Gasteiger partial charge < -0.3 is 20.5 Å². The van der Waals surface area contributed by atoms with Crippen LogP contribution < -0.4 is 10.6 Å². The molecule has 0 aromatic heterocycles. The highest BCUT2D eigenvalue weighted by molar-refractivity contribution is 6.10. The number of rotatable bonds is 5. The van der Waals surface area contributed by atoms with Crippen molar-refractivity contribution in [1.29, 1.82) is 0 Å². The third-order valence-corrected chi connectivity index (χ3v) is 4.02. The Morgan fingerprint density at radius 2 is 1.85 bits per heavy atom. The number of carboxylic acid groups (broad SMARTS) is 1. The Bertz CT molecular complexity index is 843. The van der Waals surface area contributed by atoms with E-state index >= 15 is 0 Å². The van der Waals surface area contributed by atoms with Crippen molar-refractivity contribution in [2.45, 2.75) is 18.9 Å². The van der Waals surface area contributed by atoms with Crippen LogP contribution in [0.2, 0.25) is 0 Å². The monoisotopic (exact) mass is 354 g/mol. The van der Waals surface area contributed by atoms with Gasteiger partial charge in [-0.1, -0.05) is 18.2 Å². The molecule has 134 valence electrons. The maximum absolute atomic E-state index is 12.6. The molecule has 2 amide bonds. The van der Waals surface area contributed by atoms with Crippen molar-refractivity contribution >= 4 is 29.2 Å². The summed E-state index contributed by atoms with van der Waals surface area (Å²) in [4.78, 5) is 35.9. The van der Waals surface area contributed by atoms with E-state index in [1.54, 1.807) is 36.4 Å². The van der Waals surface area contributed by atoms with Gasteiger partial charge in [-0.2, -0.15) is 0 Å². The molecule has 7 heteroatoms. The first kappa shape index (κ1) is 17.6. The van der Waals surface area contributed by atoms with Gasteiger partial charge in [-0.3, -0.25) is 9.59 Å². The fourth-order valence-corrected chi connectivity index (χ4v) is 2.72. The minimum absolute atomic E-state index is 0.0720. The molecule has 1 atom stereocenters. The van der Waals surface area contributed by atoms with Crippen LogP contribution in [0.15, 0.2) is 48.5 Å². The standard InChI is InChI=1S/C19H18N2O5/c22-17(20-13-6-3-5-12(11-13)19(24)25)14-7-1-2-8-15(14)21-18(23)16-9-4-10-26-16/h1-3,5-8,11,16H,4,9-10H2,(H,20,22)(H,21,23)(H,24,25)/t16-/m1/s1. The summed E-state index contributed by atoms with van der Waals surface area (Å²) < 4.78 is 5.35. The minimum atomic E-state index is -1.08. The third-order valence-electron chi connectivity index (χ3n) is 4.02. The molecule has 0 unspecified atom stereocenters. The average Bonchev–Trinajstić information content (AvgIpc) is 3.17. The van der Waals surface area contributed by atoms with Gasteiger partial charge in [-0.05, 0) is 43.2 Å². The Balaban J connectivity index is 1.76. The molecule has 7 nitrogen and oxygen atoms in total. The van der Waals surface area contributed by atoms with Crippen LogP contribution in [0.4, 0.5) is 11.4 Å². The van der Waals surface area contributed by atoms with Crippen LogP contribution in [0.5, 0.6) is 0 Å². The van der Waals surface area contributed by atoms with E-state index in [0.29, 0.717) is 24.4 Å². The van der Waals surface area contributed by atoms with Crippen molar-refractivity contribution in [3.05, 3.63) is 59.7 Å². The summed E-state index contributed by atoms with van der Waals surface area (Å²) in [6.07, 6.45) is 0.987. The van der Waals surface area contributed by atoms with E-state index in [-0.39, 0.29) is 17.0 Å². The lowest BCUT2D eigenvalue weighted by molar-refractivity contribution is -0.124. The highest BCUT2D eigenvalue weighted by atomic mass is 16.5. The molecular formula is C19H18N2O5. The molecule has 3 rings (SSSR count). The van der Waals surface area contributed by atoms with Gasteiger partial charge in [0.05, 0.1) is 16.8 Å². The van der Waals surface area contributed by atoms with Gasteiger partial charge >= 0.3 is 5.97 Å². The van der Waals surface area contributed by atoms with Crippen LogP contribution >= 0.6 is 0 Å². The molecule has 0 aliphatic carbocycles. The fraction of sp³-hybridized carbons (Fsp3) is 0.211. The second kappa shape index (κ2) is 7.79. The zero-order chi connectivity index (χ0) is 18.5. The summed E-state index contributed by atoms with van der Waals surface area (Å²) in [5.74, 6) is -1.81. The van der Waals surface area contributed by atoms with Gasteiger partial charge in [0.15, 0.2) is 0 Å². The van der Waals surface area contributed by atoms with Crippen LogP contribution in [0.3, 0.4) is 0 Å². The Kier molecular flexibility index (Phi) is 5.28. The van der Waals surface area contributed by atoms with Crippen LogP contribution in [0.25, 0.3) is 0 Å². The number of amides is 2. The highest BCUT2D eigenvalue weighted by Gasteiger charge is 2.24. The van der Waals surface area contributed by atoms with E-state index in [1.165, 1.54) is 12.1 Å². The van der Waals surface area contributed by atoms with Crippen molar-refractivity contribution in [3.8, 4) is 0 Å². The second-order valence-corrected chi connectivity index (χ2v) is 5.88. The first-order chi connectivity index (χ1) is 12.5. The molecule has 2 aromatic carbocycles. The Morgan fingerprint density at radius 1 is 1.04 bits per heavy atom. The van der Waals surface area contributed by atoms with Gasteiger partial charge in [0.2, 0.25) is 0 Å². The van der Waals surface area contributed by atoms with Crippen LogP contribution in [-0.4, -0.2) is 35.6 Å². The molecule has 1 aliphatic heterocycles. The van der Waals surface area contributed by atoms with E-state index in [1.807, 2.05) is 0 Å². The van der Waals surface area contributed by atoms with Gasteiger partial charge in [-0.15, -0.1) is 0 Å². The number of carbonyl (C=O) groups is 3. The lowest BCUT2D eigenvalue weighted by Crippen LogP contribution is -2.28. The highest BCUT2D eigenvalue weighted by Crippen LogP contribution is 2.20. The maximum atomic E-state index is 12.6. The SMILES string of the molecule is O=C(O)c1cccc(NC(=O)c2ccccc2NC(=O)[C@H]2CCCO2)c1. The topological polar surface area (TPSA) is 105 Å². The summed E-state index contributed by atoms with van der Waals surface area (Å²) >= 11 is 0. The number of benzene rings is 2. The first-order valence-electron chi connectivity index (χ1n) is 8.21. The summed E-state index contributed by atoms with van der Waals surface area (Å²) in [5, 5.41) is 14.4. The van der Waals surface area contributed by atoms with Gasteiger partial charge in [0.25, 0.3) is 11.8 Å². The molecule has 3 N–H and O–H groups in total. The molecule has 26 heavy (non-hydrogen) atoms. The van der Waals surface area contributed by atoms with E-state index in [4.69, 9.17) is 9.84 Å². The van der Waals surface area contributed by atoms with Crippen molar-refractivity contribution < 1.29 is 24.2 Å². The van der Waals surface area contributed by atoms with Crippen molar-refractivity contribution in [3.63, 3.8) is 0 Å². The number of para-hydroxylation sites is 1. The normalized spacial score (nSPS) is 16.1. The van der Waals surface area contributed by atoms with Crippen molar-refractivity contribution in [2.75, 3.05) is 17.2 Å². The number of nitrogens with one attached hydrogen (secondary N) is 2. The number of aromatic carboxylic acids is 1. The van der Waals surface area contributed by atoms with E-state index in [0.717, 1.165) is 6.42 Å². The number of hydrogen-bond acceptors (Lipinski definition) is 4. The molecular weight excluding hydrogens is 336 g/mol. The molecule has 1 heterocycles. The average molecular weight is 354 g/mol. The third kappa shape index (κ3) is 4.07. The van der Waals surface area contributed by atoms with E-state index in [9.17, 15) is 14.4 Å². The molecule has 0 spiro atoms. The van der Waals surface area contributed by atoms with E-state index in [2.05, 4.69) is 10.6 Å². The molecule has 1 saturated heterocycles. The Hall–Kier alpha value is -3.19. The molecule has 1 fully saturated rings. The lowest BCUT2D eigenvalue weighted by Gasteiger charge is -2.14. The van der Waals surface area contributed by atoms with Crippen molar-refractivity contribution in [2.24, 2.45) is 0 Å². The van der Waals surface area contributed by atoms with Crippen molar-refractivity contribution in [1.82, 2.24) is 0 Å². The molecule has 2 aromatic rings. The summed E-state index contributed by atoms with van der Waals surface area (Å²) in [5.41, 5.74) is 1.08. The minimum Gasteiger partial charge on any atom is -0.478 e. The van der Waals surface area contributed by atoms with E-state index < -0.39 is 18.0 Å². The predicted molar refractivity (Wildman–Crippen MR) is 95.4 cm³/mol. The number of hydrogen-bond donors (Lipinski definition) is 3. The number of carbonyl (C=O) groups excluding carboxylic acids is 2. The largest absolute Gasteiger partial charge is 0.478 e. The predicted octanol–water partition coefficient (Wildman–Crippen LogP) is 2.75. The smallest absolute Gasteiger partial charge is 0.335 e.